The quantitative estimate of drug-likeness (QED) is 0.347. The van der Waals surface area contributed by atoms with Gasteiger partial charge in [0, 0.05) is 0 Å². The third-order valence-corrected chi connectivity index (χ3v) is 4.91. The van der Waals surface area contributed by atoms with Crippen LogP contribution in [0.5, 0.6) is 34.5 Å². The fourth-order valence-corrected chi connectivity index (χ4v) is 3.28. The summed E-state index contributed by atoms with van der Waals surface area (Å²) in [4.78, 5) is 24.3. The maximum Gasteiger partial charge on any atom is 0.313 e. The Kier molecular flexibility index (Phi) is 9.65. The number of hydrogen-bond donors (Lipinski definition) is 0. The summed E-state index contributed by atoms with van der Waals surface area (Å²) in [7, 11) is 9.09. The topological polar surface area (TPSA) is 98.8 Å². The summed E-state index contributed by atoms with van der Waals surface area (Å²) in [5, 5.41) is 0. The molecule has 0 radical (unpaired) electrons. The van der Waals surface area contributed by atoms with E-state index in [2.05, 4.69) is 0 Å². The highest BCUT2D eigenvalue weighted by Crippen LogP contribution is 2.39. The molecule has 9 heteroatoms. The molecule has 0 fully saturated rings. The maximum absolute atomic E-state index is 12.2. The Morgan fingerprint density at radius 2 is 0.848 bits per heavy atom. The number of esters is 2. The molecule has 0 aromatic heterocycles. The highest BCUT2D eigenvalue weighted by Gasteiger charge is 2.17. The van der Waals surface area contributed by atoms with Crippen LogP contribution in [-0.2, 0) is 27.2 Å². The normalized spacial score (nSPS) is 10.2. The number of rotatable bonds is 12. The van der Waals surface area contributed by atoms with Crippen LogP contribution in [0.15, 0.2) is 24.3 Å². The number of carbonyl (C=O) groups excluding carboxylic acids is 2. The van der Waals surface area contributed by atoms with Crippen molar-refractivity contribution in [1.29, 1.82) is 0 Å². The van der Waals surface area contributed by atoms with Crippen molar-refractivity contribution < 1.29 is 42.7 Å². The van der Waals surface area contributed by atoms with Crippen molar-refractivity contribution in [3.63, 3.8) is 0 Å². The minimum atomic E-state index is -0.612. The molecule has 0 atom stereocenters. The summed E-state index contributed by atoms with van der Waals surface area (Å²) in [6.45, 7) is 0. The first kappa shape index (κ1) is 25.6. The summed E-state index contributed by atoms with van der Waals surface area (Å²) < 4.78 is 36.8. The van der Waals surface area contributed by atoms with Crippen molar-refractivity contribution in [3.8, 4) is 34.5 Å². The second-order valence-electron chi connectivity index (χ2n) is 6.91. The van der Waals surface area contributed by atoms with Crippen LogP contribution in [0.2, 0.25) is 0 Å². The first-order chi connectivity index (χ1) is 15.9. The lowest BCUT2D eigenvalue weighted by Crippen LogP contribution is -2.13. The molecule has 0 aliphatic heterocycles. The van der Waals surface area contributed by atoms with Crippen LogP contribution in [0.4, 0.5) is 0 Å². The summed E-state index contributed by atoms with van der Waals surface area (Å²) in [5.41, 5.74) is 1.57. The van der Waals surface area contributed by atoms with E-state index in [1.807, 2.05) is 0 Å². The van der Waals surface area contributed by atoms with Crippen LogP contribution >= 0.6 is 0 Å². The van der Waals surface area contributed by atoms with Gasteiger partial charge in [0.05, 0.1) is 55.5 Å². The van der Waals surface area contributed by atoms with Crippen molar-refractivity contribution in [2.24, 2.45) is 0 Å². The molecule has 0 aliphatic carbocycles. The fraction of sp³-hybridized carbons (Fsp3) is 0.417. The van der Waals surface area contributed by atoms with Crippen LogP contribution in [0.3, 0.4) is 0 Å². The number of aryl methyl sites for hydroxylation is 2. The van der Waals surface area contributed by atoms with E-state index in [4.69, 9.17) is 33.2 Å². The van der Waals surface area contributed by atoms with Crippen LogP contribution in [-0.4, -0.2) is 54.6 Å². The molecule has 2 aromatic carbocycles. The predicted molar refractivity (Wildman–Crippen MR) is 120 cm³/mol. The number of ether oxygens (including phenoxy) is 7. The third-order valence-electron chi connectivity index (χ3n) is 4.91. The molecule has 0 aliphatic rings. The summed E-state index contributed by atoms with van der Waals surface area (Å²) in [6.07, 6.45) is 0.731. The van der Waals surface area contributed by atoms with E-state index in [0.29, 0.717) is 47.3 Å². The molecule has 180 valence electrons. The molecule has 0 saturated carbocycles. The van der Waals surface area contributed by atoms with Gasteiger partial charge in [0.25, 0.3) is 0 Å². The lowest BCUT2D eigenvalue weighted by molar-refractivity contribution is -0.159. The highest BCUT2D eigenvalue weighted by molar-refractivity contribution is 5.85. The summed E-state index contributed by atoms with van der Waals surface area (Å²) >= 11 is 0. The highest BCUT2D eigenvalue weighted by atomic mass is 16.6. The van der Waals surface area contributed by atoms with Gasteiger partial charge in [-0.2, -0.15) is 0 Å². The second-order valence-corrected chi connectivity index (χ2v) is 6.91. The largest absolute Gasteiger partial charge is 0.493 e. The lowest BCUT2D eigenvalue weighted by Gasteiger charge is -2.14. The van der Waals surface area contributed by atoms with Crippen molar-refractivity contribution in [3.05, 3.63) is 35.4 Å². The number of methoxy groups -OCH3 is 6. The maximum atomic E-state index is 12.2. The zero-order chi connectivity index (χ0) is 24.4. The van der Waals surface area contributed by atoms with Gasteiger partial charge in [0.15, 0.2) is 23.0 Å². The molecule has 0 saturated heterocycles. The van der Waals surface area contributed by atoms with Crippen molar-refractivity contribution >= 4 is 11.9 Å². The van der Waals surface area contributed by atoms with Gasteiger partial charge in [0.2, 0.25) is 11.5 Å². The molecular formula is C24H30O9. The Balaban J connectivity index is 1.94. The SMILES string of the molecule is COc1cc(CCC(=O)OC(=O)CCc2cc(OC)c(OC)c(OC)c2)cc(OC)c1OC. The zero-order valence-electron chi connectivity index (χ0n) is 19.8. The number of benzene rings is 2. The Labute approximate surface area is 193 Å². The van der Waals surface area contributed by atoms with E-state index in [0.717, 1.165) is 11.1 Å². The van der Waals surface area contributed by atoms with Gasteiger partial charge in [-0.15, -0.1) is 0 Å². The van der Waals surface area contributed by atoms with Gasteiger partial charge in [-0.3, -0.25) is 9.59 Å². The fourth-order valence-electron chi connectivity index (χ4n) is 3.28. The molecule has 33 heavy (non-hydrogen) atoms. The molecule has 0 heterocycles. The van der Waals surface area contributed by atoms with E-state index in [1.165, 1.54) is 42.7 Å². The summed E-state index contributed by atoms with van der Waals surface area (Å²) in [6, 6.07) is 7.00. The van der Waals surface area contributed by atoms with Gasteiger partial charge in [-0.1, -0.05) is 0 Å². The molecular weight excluding hydrogens is 432 g/mol. The third kappa shape index (κ3) is 6.68. The number of hydrogen-bond acceptors (Lipinski definition) is 9. The first-order valence-electron chi connectivity index (χ1n) is 10.2. The van der Waals surface area contributed by atoms with E-state index < -0.39 is 11.9 Å². The Bertz CT molecular complexity index is 841. The van der Waals surface area contributed by atoms with Crippen LogP contribution < -0.4 is 28.4 Å². The molecule has 2 rings (SSSR count). The standard InChI is InChI=1S/C24H30O9/c1-27-17-11-15(12-18(28-2)23(17)31-5)7-9-21(25)33-22(26)10-8-16-13-19(29-3)24(32-6)20(14-16)30-4/h11-14H,7-10H2,1-6H3. The van der Waals surface area contributed by atoms with E-state index in [1.54, 1.807) is 24.3 Å². The van der Waals surface area contributed by atoms with E-state index >= 15 is 0 Å². The van der Waals surface area contributed by atoms with Gasteiger partial charge in [-0.05, 0) is 48.2 Å². The Hall–Kier alpha value is -3.62. The van der Waals surface area contributed by atoms with Crippen molar-refractivity contribution in [2.45, 2.75) is 25.7 Å². The number of carbonyl (C=O) groups is 2. The zero-order valence-corrected chi connectivity index (χ0v) is 19.8. The second kappa shape index (κ2) is 12.4. The first-order valence-corrected chi connectivity index (χ1v) is 10.2. The van der Waals surface area contributed by atoms with Crippen LogP contribution in [0.25, 0.3) is 0 Å². The smallest absolute Gasteiger partial charge is 0.313 e. The molecule has 0 amide bonds. The molecule has 0 bridgehead atoms. The Morgan fingerprint density at radius 3 is 1.09 bits per heavy atom. The lowest BCUT2D eigenvalue weighted by atomic mass is 10.1. The average Bonchev–Trinajstić information content (AvgIpc) is 2.84. The molecule has 0 N–H and O–H groups in total. The molecule has 0 spiro atoms. The van der Waals surface area contributed by atoms with Crippen LogP contribution in [0.1, 0.15) is 24.0 Å². The minimum Gasteiger partial charge on any atom is -0.493 e. The monoisotopic (exact) mass is 462 g/mol. The van der Waals surface area contributed by atoms with Crippen LogP contribution in [0, 0.1) is 0 Å². The van der Waals surface area contributed by atoms with Gasteiger partial charge < -0.3 is 33.2 Å². The van der Waals surface area contributed by atoms with Gasteiger partial charge in [0.1, 0.15) is 0 Å². The molecule has 0 unspecified atom stereocenters. The van der Waals surface area contributed by atoms with Gasteiger partial charge in [-0.25, -0.2) is 0 Å². The summed E-state index contributed by atoms with van der Waals surface area (Å²) in [5.74, 6) is 1.66. The van der Waals surface area contributed by atoms with E-state index in [-0.39, 0.29) is 12.8 Å². The predicted octanol–water partition coefficient (Wildman–Crippen LogP) is 3.37. The average molecular weight is 462 g/mol. The minimum absolute atomic E-state index is 0.0224. The van der Waals surface area contributed by atoms with Crippen molar-refractivity contribution in [1.82, 2.24) is 0 Å². The van der Waals surface area contributed by atoms with Crippen molar-refractivity contribution in [2.75, 3.05) is 42.7 Å². The molecule has 9 nitrogen and oxygen atoms in total. The Morgan fingerprint density at radius 1 is 0.545 bits per heavy atom. The van der Waals surface area contributed by atoms with E-state index in [9.17, 15) is 9.59 Å². The molecule has 2 aromatic rings. The van der Waals surface area contributed by atoms with Gasteiger partial charge >= 0.3 is 11.9 Å².